The molecule has 0 saturated heterocycles. The summed E-state index contributed by atoms with van der Waals surface area (Å²) < 4.78 is 13.3. The molecule has 0 heterocycles. The van der Waals surface area contributed by atoms with E-state index in [1.165, 1.54) is 93.5 Å². The molecule has 3 heteroatoms. The van der Waals surface area contributed by atoms with Gasteiger partial charge in [0.15, 0.2) is 11.5 Å². The predicted molar refractivity (Wildman–Crippen MR) is 135 cm³/mol. The predicted octanol–water partition coefficient (Wildman–Crippen LogP) is 9.33. The maximum atomic E-state index is 6.07. The third-order valence-corrected chi connectivity index (χ3v) is 6.09. The van der Waals surface area contributed by atoms with E-state index in [9.17, 15) is 0 Å². The van der Waals surface area contributed by atoms with Gasteiger partial charge >= 0.3 is 0 Å². The van der Waals surface area contributed by atoms with Crippen LogP contribution in [-0.2, 0) is 0 Å². The fourth-order valence-corrected chi connectivity index (χ4v) is 4.01. The molecule has 0 N–H and O–H groups in total. The zero-order valence-corrected chi connectivity index (χ0v) is 21.3. The van der Waals surface area contributed by atoms with E-state index in [-0.39, 0.29) is 0 Å². The monoisotopic (exact) mass is 516 g/mol. The summed E-state index contributed by atoms with van der Waals surface area (Å²) in [6, 6.07) is 6.27. The summed E-state index contributed by atoms with van der Waals surface area (Å²) >= 11 is 2.35. The SMILES string of the molecule is CCCCCCCCCCOc1ccc(I)cc1OCCCCCCCCCC. The Bertz CT molecular complexity index is 490. The number of hydrogen-bond donors (Lipinski definition) is 0. The Morgan fingerprint density at radius 2 is 0.966 bits per heavy atom. The first-order chi connectivity index (χ1) is 14.3. The molecule has 1 aromatic carbocycles. The van der Waals surface area contributed by atoms with E-state index in [2.05, 4.69) is 54.6 Å². The van der Waals surface area contributed by atoms with Gasteiger partial charge in [-0.25, -0.2) is 0 Å². The smallest absolute Gasteiger partial charge is 0.162 e. The van der Waals surface area contributed by atoms with Crippen LogP contribution < -0.4 is 9.47 Å². The first-order valence-electron chi connectivity index (χ1n) is 12.3. The van der Waals surface area contributed by atoms with Crippen molar-refractivity contribution in [3.05, 3.63) is 21.8 Å². The number of rotatable bonds is 20. The molecule has 0 unspecified atom stereocenters. The van der Waals surface area contributed by atoms with Gasteiger partial charge in [-0.3, -0.25) is 0 Å². The van der Waals surface area contributed by atoms with Gasteiger partial charge in [0.1, 0.15) is 0 Å². The number of ether oxygens (including phenoxy) is 2. The van der Waals surface area contributed by atoms with E-state index >= 15 is 0 Å². The minimum absolute atomic E-state index is 0.795. The largest absolute Gasteiger partial charge is 0.490 e. The zero-order chi connectivity index (χ0) is 21.0. The summed E-state index contributed by atoms with van der Waals surface area (Å²) in [5, 5.41) is 0. The Morgan fingerprint density at radius 3 is 1.45 bits per heavy atom. The molecule has 0 aromatic heterocycles. The van der Waals surface area contributed by atoms with Gasteiger partial charge in [-0.1, -0.05) is 104 Å². The summed E-state index contributed by atoms with van der Waals surface area (Å²) in [5.74, 6) is 1.83. The Morgan fingerprint density at radius 1 is 0.552 bits per heavy atom. The van der Waals surface area contributed by atoms with Gasteiger partial charge < -0.3 is 9.47 Å². The van der Waals surface area contributed by atoms with Gasteiger partial charge in [0, 0.05) is 3.57 Å². The molecule has 0 fully saturated rings. The molecular formula is C26H45IO2. The third kappa shape index (κ3) is 15.1. The number of hydrogen-bond acceptors (Lipinski definition) is 2. The van der Waals surface area contributed by atoms with Crippen molar-refractivity contribution in [2.75, 3.05) is 13.2 Å². The van der Waals surface area contributed by atoms with Gasteiger partial charge in [-0.05, 0) is 53.6 Å². The Labute approximate surface area is 194 Å². The van der Waals surface area contributed by atoms with Crippen molar-refractivity contribution in [1.82, 2.24) is 0 Å². The number of benzene rings is 1. The van der Waals surface area contributed by atoms with Crippen LogP contribution in [0.4, 0.5) is 0 Å². The van der Waals surface area contributed by atoms with Crippen molar-refractivity contribution < 1.29 is 9.47 Å². The van der Waals surface area contributed by atoms with Crippen LogP contribution in [0.25, 0.3) is 0 Å². The Balaban J connectivity index is 2.14. The lowest BCUT2D eigenvalue weighted by molar-refractivity contribution is 0.258. The molecule has 0 bridgehead atoms. The van der Waals surface area contributed by atoms with E-state index < -0.39 is 0 Å². The summed E-state index contributed by atoms with van der Waals surface area (Å²) in [5.41, 5.74) is 0. The molecule has 0 aliphatic carbocycles. The van der Waals surface area contributed by atoms with Crippen molar-refractivity contribution in [2.45, 2.75) is 117 Å². The highest BCUT2D eigenvalue weighted by molar-refractivity contribution is 14.1. The van der Waals surface area contributed by atoms with Crippen molar-refractivity contribution in [1.29, 1.82) is 0 Å². The second kappa shape index (κ2) is 19.5. The van der Waals surface area contributed by atoms with E-state index in [1.807, 2.05) is 0 Å². The van der Waals surface area contributed by atoms with Gasteiger partial charge in [0.2, 0.25) is 0 Å². The van der Waals surface area contributed by atoms with Crippen molar-refractivity contribution >= 4 is 22.6 Å². The summed E-state index contributed by atoms with van der Waals surface area (Å²) in [6.07, 6.45) is 21.2. The fourth-order valence-electron chi connectivity index (χ4n) is 3.55. The van der Waals surface area contributed by atoms with Crippen LogP contribution in [0.5, 0.6) is 11.5 Å². The maximum Gasteiger partial charge on any atom is 0.162 e. The average Bonchev–Trinajstić information content (AvgIpc) is 2.72. The molecule has 0 aliphatic heterocycles. The van der Waals surface area contributed by atoms with Crippen molar-refractivity contribution in [3.63, 3.8) is 0 Å². The van der Waals surface area contributed by atoms with Crippen LogP contribution in [0.15, 0.2) is 18.2 Å². The van der Waals surface area contributed by atoms with E-state index in [0.29, 0.717) is 0 Å². The number of unbranched alkanes of at least 4 members (excludes halogenated alkanes) is 14. The van der Waals surface area contributed by atoms with Crippen molar-refractivity contribution in [3.8, 4) is 11.5 Å². The quantitative estimate of drug-likeness (QED) is 0.127. The normalized spacial score (nSPS) is 11.0. The van der Waals surface area contributed by atoms with Crippen LogP contribution in [0.3, 0.4) is 0 Å². The lowest BCUT2D eigenvalue weighted by Crippen LogP contribution is -2.03. The summed E-state index contributed by atoms with van der Waals surface area (Å²) in [6.45, 7) is 6.14. The first-order valence-corrected chi connectivity index (χ1v) is 13.4. The van der Waals surface area contributed by atoms with Crippen LogP contribution in [0.2, 0.25) is 0 Å². The molecule has 0 spiro atoms. The average molecular weight is 517 g/mol. The van der Waals surface area contributed by atoms with Crippen LogP contribution in [0, 0.1) is 3.57 Å². The molecule has 0 saturated carbocycles. The van der Waals surface area contributed by atoms with Gasteiger partial charge in [-0.15, -0.1) is 0 Å². The highest BCUT2D eigenvalue weighted by Crippen LogP contribution is 2.29. The Hall–Kier alpha value is -0.450. The second-order valence-corrected chi connectivity index (χ2v) is 9.48. The molecule has 0 radical (unpaired) electrons. The lowest BCUT2D eigenvalue weighted by atomic mass is 10.1. The maximum absolute atomic E-state index is 6.07. The molecule has 1 aromatic rings. The Kier molecular flexibility index (Phi) is 17.9. The van der Waals surface area contributed by atoms with Crippen molar-refractivity contribution in [2.24, 2.45) is 0 Å². The molecule has 29 heavy (non-hydrogen) atoms. The van der Waals surface area contributed by atoms with Crippen LogP contribution in [-0.4, -0.2) is 13.2 Å². The van der Waals surface area contributed by atoms with E-state index in [4.69, 9.17) is 9.47 Å². The minimum Gasteiger partial charge on any atom is -0.490 e. The molecule has 0 atom stereocenters. The van der Waals surface area contributed by atoms with Crippen LogP contribution >= 0.6 is 22.6 Å². The zero-order valence-electron chi connectivity index (χ0n) is 19.2. The number of halogens is 1. The second-order valence-electron chi connectivity index (χ2n) is 8.24. The highest BCUT2D eigenvalue weighted by atomic mass is 127. The van der Waals surface area contributed by atoms with Gasteiger partial charge in [0.05, 0.1) is 13.2 Å². The van der Waals surface area contributed by atoms with E-state index in [1.54, 1.807) is 0 Å². The highest BCUT2D eigenvalue weighted by Gasteiger charge is 2.06. The minimum atomic E-state index is 0.795. The molecule has 168 valence electrons. The molecule has 0 amide bonds. The third-order valence-electron chi connectivity index (χ3n) is 5.42. The standard InChI is InChI=1S/C26H45IO2/c1-3-5-7-9-11-13-15-17-21-28-25-20-19-24(27)23-26(25)29-22-18-16-14-12-10-8-6-4-2/h19-20,23H,3-18,21-22H2,1-2H3. The topological polar surface area (TPSA) is 18.5 Å². The molecule has 0 aliphatic rings. The van der Waals surface area contributed by atoms with Gasteiger partial charge in [0.25, 0.3) is 0 Å². The summed E-state index contributed by atoms with van der Waals surface area (Å²) in [7, 11) is 0. The summed E-state index contributed by atoms with van der Waals surface area (Å²) in [4.78, 5) is 0. The lowest BCUT2D eigenvalue weighted by Gasteiger charge is -2.13. The molecule has 2 nitrogen and oxygen atoms in total. The van der Waals surface area contributed by atoms with Gasteiger partial charge in [-0.2, -0.15) is 0 Å². The van der Waals surface area contributed by atoms with E-state index in [0.717, 1.165) is 37.6 Å². The molecule has 1 rings (SSSR count). The molecular weight excluding hydrogens is 471 g/mol. The first kappa shape index (κ1) is 26.6. The fraction of sp³-hybridized carbons (Fsp3) is 0.769. The van der Waals surface area contributed by atoms with Crippen LogP contribution in [0.1, 0.15) is 117 Å².